The first-order valence-corrected chi connectivity index (χ1v) is 6.40. The van der Waals surface area contributed by atoms with Gasteiger partial charge in [0.1, 0.15) is 0 Å². The average Bonchev–Trinajstić information content (AvgIpc) is 2.51. The first kappa shape index (κ1) is 14.8. The lowest BCUT2D eigenvalue weighted by Gasteiger charge is -2.10. The molecule has 0 fully saturated rings. The van der Waals surface area contributed by atoms with Gasteiger partial charge in [-0.25, -0.2) is 4.68 Å². The van der Waals surface area contributed by atoms with Crippen molar-refractivity contribution in [2.45, 2.75) is 13.0 Å². The molecule has 21 heavy (non-hydrogen) atoms. The second kappa shape index (κ2) is 6.69. The molecule has 0 bridgehead atoms. The summed E-state index contributed by atoms with van der Waals surface area (Å²) in [5, 5.41) is 4.09. The van der Waals surface area contributed by atoms with Gasteiger partial charge < -0.3 is 9.47 Å². The Kier molecular flexibility index (Phi) is 4.71. The number of hydrogen-bond acceptors (Lipinski definition) is 5. The second-order valence-electron chi connectivity index (χ2n) is 4.39. The normalized spacial score (nSPS) is 10.2. The van der Waals surface area contributed by atoms with Crippen LogP contribution in [0.15, 0.2) is 41.2 Å². The molecule has 0 aliphatic heterocycles. The molecule has 6 heteroatoms. The zero-order valence-corrected chi connectivity index (χ0v) is 11.9. The molecule has 0 radical (unpaired) electrons. The maximum Gasteiger partial charge on any atom is 0.309 e. The molecule has 2 rings (SSSR count). The molecule has 0 unspecified atom stereocenters. The molecule has 0 N–H and O–H groups in total. The van der Waals surface area contributed by atoms with Gasteiger partial charge in [-0.05, 0) is 11.1 Å². The molecular formula is C15H16N2O4. The maximum atomic E-state index is 11.8. The van der Waals surface area contributed by atoms with Gasteiger partial charge in [0.15, 0.2) is 0 Å². The molecule has 0 saturated carbocycles. The topological polar surface area (TPSA) is 70.4 Å². The number of carbonyl (C=O) groups is 1. The Morgan fingerprint density at radius 2 is 1.86 bits per heavy atom. The van der Waals surface area contributed by atoms with E-state index in [-0.39, 0.29) is 24.5 Å². The van der Waals surface area contributed by atoms with Crippen molar-refractivity contribution in [1.82, 2.24) is 9.78 Å². The summed E-state index contributed by atoms with van der Waals surface area (Å²) in [5.74, 6) is 0.0356. The molecule has 0 atom stereocenters. The third kappa shape index (κ3) is 3.68. The van der Waals surface area contributed by atoms with E-state index in [4.69, 9.17) is 4.74 Å². The molecule has 0 aliphatic carbocycles. The van der Waals surface area contributed by atoms with Gasteiger partial charge in [-0.1, -0.05) is 24.3 Å². The van der Waals surface area contributed by atoms with E-state index in [1.54, 1.807) is 0 Å². The van der Waals surface area contributed by atoms with Gasteiger partial charge in [0.05, 0.1) is 27.2 Å². The fourth-order valence-electron chi connectivity index (χ4n) is 1.93. The van der Waals surface area contributed by atoms with Crippen molar-refractivity contribution in [3.05, 3.63) is 57.9 Å². The number of aromatic nitrogens is 2. The lowest BCUT2D eigenvalue weighted by atomic mass is 10.0. The van der Waals surface area contributed by atoms with Crippen LogP contribution in [0.1, 0.15) is 11.1 Å². The van der Waals surface area contributed by atoms with E-state index in [9.17, 15) is 9.59 Å². The van der Waals surface area contributed by atoms with Crippen LogP contribution >= 0.6 is 0 Å². The number of ether oxygens (including phenoxy) is 2. The summed E-state index contributed by atoms with van der Waals surface area (Å²) < 4.78 is 11.0. The Morgan fingerprint density at radius 1 is 1.14 bits per heavy atom. The van der Waals surface area contributed by atoms with E-state index in [1.165, 1.54) is 31.0 Å². The fourth-order valence-corrected chi connectivity index (χ4v) is 1.93. The molecule has 1 heterocycles. The first-order valence-electron chi connectivity index (χ1n) is 6.40. The number of methoxy groups -OCH3 is 2. The van der Waals surface area contributed by atoms with Gasteiger partial charge in [0, 0.05) is 12.1 Å². The number of hydrogen-bond donors (Lipinski definition) is 0. The molecule has 1 aromatic carbocycles. The molecule has 1 aromatic heterocycles. The smallest absolute Gasteiger partial charge is 0.309 e. The molecular weight excluding hydrogens is 272 g/mol. The molecule has 0 saturated heterocycles. The van der Waals surface area contributed by atoms with Crippen LogP contribution in [0.3, 0.4) is 0 Å². The van der Waals surface area contributed by atoms with Gasteiger partial charge >= 0.3 is 5.97 Å². The third-order valence-electron chi connectivity index (χ3n) is 3.05. The summed E-state index contributed by atoms with van der Waals surface area (Å²) in [7, 11) is 2.83. The highest BCUT2D eigenvalue weighted by Crippen LogP contribution is 2.11. The van der Waals surface area contributed by atoms with Crippen molar-refractivity contribution >= 4 is 5.97 Å². The van der Waals surface area contributed by atoms with Gasteiger partial charge in [-0.3, -0.25) is 9.59 Å². The summed E-state index contributed by atoms with van der Waals surface area (Å²) in [6.45, 7) is 0.267. The molecule has 2 aromatic rings. The predicted octanol–water partition coefficient (Wildman–Crippen LogP) is 1.02. The number of rotatable bonds is 5. The maximum absolute atomic E-state index is 11.8. The lowest BCUT2D eigenvalue weighted by molar-refractivity contribution is -0.139. The molecule has 0 amide bonds. The number of benzene rings is 1. The van der Waals surface area contributed by atoms with Crippen LogP contribution in [-0.2, 0) is 22.5 Å². The first-order chi connectivity index (χ1) is 10.1. The summed E-state index contributed by atoms with van der Waals surface area (Å²) >= 11 is 0. The Balaban J connectivity index is 2.31. The number of carbonyl (C=O) groups excluding carboxylic acids is 1. The Morgan fingerprint density at radius 3 is 2.52 bits per heavy atom. The third-order valence-corrected chi connectivity index (χ3v) is 3.05. The van der Waals surface area contributed by atoms with Gasteiger partial charge in [-0.15, -0.1) is 5.10 Å². The van der Waals surface area contributed by atoms with E-state index >= 15 is 0 Å². The van der Waals surface area contributed by atoms with Crippen molar-refractivity contribution < 1.29 is 14.3 Å². The summed E-state index contributed by atoms with van der Waals surface area (Å²) in [4.78, 5) is 23.3. The largest absolute Gasteiger partial charge is 0.480 e. The predicted molar refractivity (Wildman–Crippen MR) is 76.3 cm³/mol. The van der Waals surface area contributed by atoms with Crippen LogP contribution in [0.25, 0.3) is 0 Å². The van der Waals surface area contributed by atoms with E-state index in [0.717, 1.165) is 11.1 Å². The minimum Gasteiger partial charge on any atom is -0.480 e. The highest BCUT2D eigenvalue weighted by Gasteiger charge is 2.09. The van der Waals surface area contributed by atoms with Crippen LogP contribution in [0.5, 0.6) is 5.88 Å². The van der Waals surface area contributed by atoms with Crippen molar-refractivity contribution in [2.24, 2.45) is 0 Å². The summed E-state index contributed by atoms with van der Waals surface area (Å²) in [6, 6.07) is 10.3. The van der Waals surface area contributed by atoms with Gasteiger partial charge in [-0.2, -0.15) is 0 Å². The van der Waals surface area contributed by atoms with E-state index in [0.29, 0.717) is 5.88 Å². The minimum absolute atomic E-state index is 0.158. The molecule has 0 spiro atoms. The molecule has 6 nitrogen and oxygen atoms in total. The van der Waals surface area contributed by atoms with E-state index < -0.39 is 0 Å². The van der Waals surface area contributed by atoms with Crippen molar-refractivity contribution in [3.8, 4) is 5.88 Å². The highest BCUT2D eigenvalue weighted by atomic mass is 16.5. The number of esters is 1. The Labute approximate surface area is 121 Å². The van der Waals surface area contributed by atoms with E-state index in [1.807, 2.05) is 24.3 Å². The van der Waals surface area contributed by atoms with Crippen LogP contribution < -0.4 is 10.3 Å². The summed E-state index contributed by atoms with van der Waals surface area (Å²) in [6.07, 6.45) is 0.158. The summed E-state index contributed by atoms with van der Waals surface area (Å²) in [5.41, 5.74) is 1.41. The quantitative estimate of drug-likeness (QED) is 0.768. The van der Waals surface area contributed by atoms with Crippen molar-refractivity contribution in [2.75, 3.05) is 14.2 Å². The van der Waals surface area contributed by atoms with Crippen molar-refractivity contribution in [1.29, 1.82) is 0 Å². The zero-order valence-electron chi connectivity index (χ0n) is 11.9. The van der Waals surface area contributed by atoms with Crippen LogP contribution in [-0.4, -0.2) is 30.0 Å². The van der Waals surface area contributed by atoms with E-state index in [2.05, 4.69) is 9.84 Å². The Bertz CT molecular complexity index is 694. The SMILES string of the molecule is COC(=O)Cc1ccccc1Cn1nc(OC)ccc1=O. The molecule has 0 aliphatic rings. The average molecular weight is 288 g/mol. The fraction of sp³-hybridized carbons (Fsp3) is 0.267. The molecule has 110 valence electrons. The van der Waals surface area contributed by atoms with Gasteiger partial charge in [0.2, 0.25) is 5.88 Å². The van der Waals surface area contributed by atoms with Gasteiger partial charge in [0.25, 0.3) is 5.56 Å². The van der Waals surface area contributed by atoms with Crippen LogP contribution in [0, 0.1) is 0 Å². The standard InChI is InChI=1S/C15H16N2O4/c1-20-13-7-8-14(18)17(16-13)10-12-6-4-3-5-11(12)9-15(19)21-2/h3-8H,9-10H2,1-2H3. The highest BCUT2D eigenvalue weighted by molar-refractivity contribution is 5.72. The van der Waals surface area contributed by atoms with Crippen molar-refractivity contribution in [3.63, 3.8) is 0 Å². The van der Waals surface area contributed by atoms with Crippen LogP contribution in [0.2, 0.25) is 0 Å². The minimum atomic E-state index is -0.326. The van der Waals surface area contributed by atoms with Crippen LogP contribution in [0.4, 0.5) is 0 Å². The second-order valence-corrected chi connectivity index (χ2v) is 4.39. The number of nitrogens with zero attached hydrogens (tertiary/aromatic N) is 2. The lowest BCUT2D eigenvalue weighted by Crippen LogP contribution is -2.23. The Hall–Kier alpha value is -2.63. The monoisotopic (exact) mass is 288 g/mol. The zero-order chi connectivity index (χ0) is 15.2.